The fourth-order valence-electron chi connectivity index (χ4n) is 3.29. The highest BCUT2D eigenvalue weighted by Crippen LogP contribution is 2.30. The lowest BCUT2D eigenvalue weighted by Crippen LogP contribution is -2.17. The van der Waals surface area contributed by atoms with E-state index in [1.165, 1.54) is 0 Å². The highest BCUT2D eigenvalue weighted by Gasteiger charge is 2.10. The number of para-hydroxylation sites is 1. The number of thioether (sulfide) groups is 1. The second-order valence-corrected chi connectivity index (χ2v) is 9.36. The Labute approximate surface area is 218 Å². The van der Waals surface area contributed by atoms with Crippen LogP contribution in [0.4, 0.5) is 0 Å². The summed E-state index contributed by atoms with van der Waals surface area (Å²) in [7, 11) is 0. The number of nitrogens with one attached hydrogen (secondary N) is 1. The third-order valence-corrected chi connectivity index (χ3v) is 6.63. The first-order valence-corrected chi connectivity index (χ1v) is 12.9. The monoisotopic (exact) mass is 529 g/mol. The van der Waals surface area contributed by atoms with Crippen LogP contribution in [0.2, 0.25) is 10.0 Å². The molecule has 0 bridgehead atoms. The van der Waals surface area contributed by atoms with Crippen molar-refractivity contribution in [2.45, 2.75) is 25.2 Å². The summed E-state index contributed by atoms with van der Waals surface area (Å²) in [4.78, 5) is 0. The molecular formula is C25H25Cl2N5O2S. The van der Waals surface area contributed by atoms with Gasteiger partial charge in [-0.3, -0.25) is 0 Å². The van der Waals surface area contributed by atoms with Crippen molar-refractivity contribution in [2.75, 3.05) is 18.9 Å². The minimum absolute atomic E-state index is 0.369. The molecule has 0 aliphatic heterocycles. The maximum absolute atomic E-state index is 6.10. The van der Waals surface area contributed by atoms with Crippen molar-refractivity contribution in [3.63, 3.8) is 0 Å². The predicted molar refractivity (Wildman–Crippen MR) is 140 cm³/mol. The van der Waals surface area contributed by atoms with E-state index in [2.05, 4.69) is 20.8 Å². The van der Waals surface area contributed by atoms with E-state index in [0.717, 1.165) is 34.3 Å². The van der Waals surface area contributed by atoms with Gasteiger partial charge in [0.05, 0.1) is 22.3 Å². The second-order valence-electron chi connectivity index (χ2n) is 7.49. The molecular weight excluding hydrogens is 505 g/mol. The summed E-state index contributed by atoms with van der Waals surface area (Å²) in [5.74, 6) is 2.23. The maximum atomic E-state index is 6.10. The number of benzene rings is 3. The van der Waals surface area contributed by atoms with Crippen molar-refractivity contribution in [3.05, 3.63) is 87.9 Å². The summed E-state index contributed by atoms with van der Waals surface area (Å²) in [5.41, 5.74) is 2.98. The zero-order chi connectivity index (χ0) is 24.5. The minimum Gasteiger partial charge on any atom is -0.490 e. The Kier molecular flexibility index (Phi) is 9.25. The Morgan fingerprint density at radius 2 is 1.74 bits per heavy atom. The molecule has 7 nitrogen and oxygen atoms in total. The molecule has 0 radical (unpaired) electrons. The lowest BCUT2D eigenvalue weighted by Gasteiger charge is -2.14. The van der Waals surface area contributed by atoms with Crippen LogP contribution in [-0.4, -0.2) is 39.1 Å². The Hall–Kier alpha value is -2.78. The van der Waals surface area contributed by atoms with Crippen LogP contribution in [0.25, 0.3) is 5.69 Å². The molecule has 0 aliphatic carbocycles. The molecule has 1 aromatic heterocycles. The van der Waals surface area contributed by atoms with Crippen LogP contribution < -0.4 is 14.8 Å². The average Bonchev–Trinajstić information content (AvgIpc) is 3.35. The smallest absolute Gasteiger partial charge is 0.214 e. The molecule has 4 aromatic rings. The molecule has 0 spiro atoms. The molecule has 1 N–H and O–H groups in total. The Bertz CT molecular complexity index is 1240. The van der Waals surface area contributed by atoms with Crippen molar-refractivity contribution in [3.8, 4) is 17.2 Å². The van der Waals surface area contributed by atoms with E-state index in [0.29, 0.717) is 41.3 Å². The van der Waals surface area contributed by atoms with Gasteiger partial charge >= 0.3 is 0 Å². The number of halogens is 2. The van der Waals surface area contributed by atoms with Gasteiger partial charge in [-0.2, -0.15) is 4.68 Å². The Morgan fingerprint density at radius 1 is 0.914 bits per heavy atom. The number of hydrogen-bond acceptors (Lipinski definition) is 7. The summed E-state index contributed by atoms with van der Waals surface area (Å²) in [6.07, 6.45) is 0. The third-order valence-electron chi connectivity index (χ3n) is 4.97. The first-order chi connectivity index (χ1) is 17.1. The molecule has 35 heavy (non-hydrogen) atoms. The lowest BCUT2D eigenvalue weighted by atomic mass is 10.2. The number of ether oxygens (including phenoxy) is 2. The third kappa shape index (κ3) is 7.11. The number of nitrogens with zero attached hydrogens (tertiary/aromatic N) is 4. The standard InChI is InChI=1S/C25H25Cl2N5O2S/c1-2-33-24-15-18(9-11-23(24)34-17-19-8-10-21(26)22(27)14-19)16-28-12-13-35-25-29-30-31-32(25)20-6-4-3-5-7-20/h3-11,14-15,28H,2,12-13,16-17H2,1H3. The zero-order valence-corrected chi connectivity index (χ0v) is 21.5. The van der Waals surface area contributed by atoms with Crippen molar-refractivity contribution in [2.24, 2.45) is 0 Å². The summed E-state index contributed by atoms with van der Waals surface area (Å²) in [6.45, 7) is 4.37. The van der Waals surface area contributed by atoms with E-state index in [9.17, 15) is 0 Å². The van der Waals surface area contributed by atoms with Crippen LogP contribution in [0, 0.1) is 0 Å². The molecule has 1 heterocycles. The molecule has 3 aromatic carbocycles. The largest absolute Gasteiger partial charge is 0.490 e. The van der Waals surface area contributed by atoms with Crippen LogP contribution in [0.15, 0.2) is 71.9 Å². The van der Waals surface area contributed by atoms with Crippen molar-refractivity contribution in [1.82, 2.24) is 25.5 Å². The maximum Gasteiger partial charge on any atom is 0.214 e. The topological polar surface area (TPSA) is 74.1 Å². The second kappa shape index (κ2) is 12.8. The van der Waals surface area contributed by atoms with Gasteiger partial charge in [0.15, 0.2) is 11.5 Å². The van der Waals surface area contributed by atoms with Gasteiger partial charge in [0.2, 0.25) is 5.16 Å². The van der Waals surface area contributed by atoms with Crippen molar-refractivity contribution >= 4 is 35.0 Å². The van der Waals surface area contributed by atoms with E-state index in [-0.39, 0.29) is 0 Å². The molecule has 0 atom stereocenters. The number of tetrazole rings is 1. The molecule has 0 amide bonds. The lowest BCUT2D eigenvalue weighted by molar-refractivity contribution is 0.269. The summed E-state index contributed by atoms with van der Waals surface area (Å²) < 4.78 is 13.5. The zero-order valence-electron chi connectivity index (χ0n) is 19.2. The molecule has 10 heteroatoms. The van der Waals surface area contributed by atoms with Crippen LogP contribution in [0.1, 0.15) is 18.1 Å². The van der Waals surface area contributed by atoms with E-state index in [4.69, 9.17) is 32.7 Å². The average molecular weight is 530 g/mol. The first kappa shape index (κ1) is 25.3. The Balaban J connectivity index is 1.28. The van der Waals surface area contributed by atoms with Crippen molar-refractivity contribution in [1.29, 1.82) is 0 Å². The summed E-state index contributed by atoms with van der Waals surface area (Å²) in [6, 6.07) is 21.3. The highest BCUT2D eigenvalue weighted by molar-refractivity contribution is 7.99. The normalized spacial score (nSPS) is 10.9. The molecule has 0 saturated heterocycles. The first-order valence-electron chi connectivity index (χ1n) is 11.1. The molecule has 182 valence electrons. The highest BCUT2D eigenvalue weighted by atomic mass is 35.5. The van der Waals surface area contributed by atoms with Gasteiger partial charge in [-0.1, -0.05) is 65.3 Å². The van der Waals surface area contributed by atoms with Gasteiger partial charge in [-0.15, -0.1) is 5.10 Å². The van der Waals surface area contributed by atoms with Gasteiger partial charge in [-0.05, 0) is 64.9 Å². The van der Waals surface area contributed by atoms with E-state index in [1.807, 2.05) is 61.5 Å². The predicted octanol–water partition coefficient (Wildman–Crippen LogP) is 5.83. The van der Waals surface area contributed by atoms with Crippen molar-refractivity contribution < 1.29 is 9.47 Å². The van der Waals surface area contributed by atoms with Gasteiger partial charge < -0.3 is 14.8 Å². The van der Waals surface area contributed by atoms with E-state index in [1.54, 1.807) is 28.6 Å². The molecule has 4 rings (SSSR count). The summed E-state index contributed by atoms with van der Waals surface area (Å²) in [5, 5.41) is 17.3. The van der Waals surface area contributed by atoms with Gasteiger partial charge in [0.1, 0.15) is 6.61 Å². The van der Waals surface area contributed by atoms with E-state index < -0.39 is 0 Å². The van der Waals surface area contributed by atoms with Crippen LogP contribution >= 0.6 is 35.0 Å². The van der Waals surface area contributed by atoms with Crippen LogP contribution in [0.5, 0.6) is 11.5 Å². The number of aromatic nitrogens is 4. The number of hydrogen-bond donors (Lipinski definition) is 1. The molecule has 0 saturated carbocycles. The number of rotatable bonds is 12. The minimum atomic E-state index is 0.369. The van der Waals surface area contributed by atoms with E-state index >= 15 is 0 Å². The molecule has 0 aliphatic rings. The Morgan fingerprint density at radius 3 is 2.54 bits per heavy atom. The van der Waals surface area contributed by atoms with Gasteiger partial charge in [-0.25, -0.2) is 0 Å². The fraction of sp³-hybridized carbons (Fsp3) is 0.240. The SMILES string of the molecule is CCOc1cc(CNCCSc2nnnn2-c2ccccc2)ccc1OCc1ccc(Cl)c(Cl)c1. The van der Waals surface area contributed by atoms with Gasteiger partial charge in [0.25, 0.3) is 0 Å². The van der Waals surface area contributed by atoms with Crippen LogP contribution in [-0.2, 0) is 13.2 Å². The molecule has 0 fully saturated rings. The van der Waals surface area contributed by atoms with Gasteiger partial charge in [0, 0.05) is 18.8 Å². The fourth-order valence-corrected chi connectivity index (χ4v) is 4.40. The quantitative estimate of drug-likeness (QED) is 0.183. The summed E-state index contributed by atoms with van der Waals surface area (Å²) >= 11 is 13.7. The van der Waals surface area contributed by atoms with Crippen LogP contribution in [0.3, 0.4) is 0 Å². The molecule has 0 unspecified atom stereocenters.